The van der Waals surface area contributed by atoms with Gasteiger partial charge in [-0.25, -0.2) is 13.2 Å². The van der Waals surface area contributed by atoms with E-state index >= 15 is 0 Å². The van der Waals surface area contributed by atoms with E-state index in [0.717, 1.165) is 6.07 Å². The third kappa shape index (κ3) is 3.78. The number of halogens is 4. The monoisotopic (exact) mass is 354 g/mol. The number of amides is 1. The van der Waals surface area contributed by atoms with E-state index in [1.165, 1.54) is 25.1 Å². The van der Waals surface area contributed by atoms with Gasteiger partial charge in [-0.15, -0.1) is 0 Å². The maximum absolute atomic E-state index is 13.5. The molecule has 2 aromatic rings. The number of hydrogen-bond donors (Lipinski definition) is 1. The van der Waals surface area contributed by atoms with Crippen LogP contribution in [0.3, 0.4) is 0 Å². The maximum atomic E-state index is 13.5. The SMILES string of the molecule is C[C@@H](Oc1ccc(C#N)cc1Cl)C(=O)Nc1ccc(F)c(F)c1F. The van der Waals surface area contributed by atoms with Crippen LogP contribution >= 0.6 is 11.6 Å². The number of anilines is 1. The fourth-order valence-corrected chi connectivity index (χ4v) is 1.99. The average molecular weight is 355 g/mol. The van der Waals surface area contributed by atoms with Crippen LogP contribution in [0.2, 0.25) is 5.02 Å². The summed E-state index contributed by atoms with van der Waals surface area (Å²) in [5.74, 6) is -5.20. The van der Waals surface area contributed by atoms with E-state index in [9.17, 15) is 18.0 Å². The number of carbonyl (C=O) groups is 1. The quantitative estimate of drug-likeness (QED) is 0.843. The highest BCUT2D eigenvalue weighted by atomic mass is 35.5. The van der Waals surface area contributed by atoms with Crippen molar-refractivity contribution in [3.63, 3.8) is 0 Å². The van der Waals surface area contributed by atoms with Crippen LogP contribution in [0.25, 0.3) is 0 Å². The second kappa shape index (κ2) is 7.23. The summed E-state index contributed by atoms with van der Waals surface area (Å²) >= 11 is 5.92. The molecule has 8 heteroatoms. The molecule has 2 rings (SSSR count). The van der Waals surface area contributed by atoms with Crippen molar-refractivity contribution < 1.29 is 22.7 Å². The molecule has 0 spiro atoms. The lowest BCUT2D eigenvalue weighted by molar-refractivity contribution is -0.122. The van der Waals surface area contributed by atoms with Gasteiger partial charge in [-0.1, -0.05) is 11.6 Å². The molecule has 0 bridgehead atoms. The lowest BCUT2D eigenvalue weighted by Crippen LogP contribution is -2.30. The van der Waals surface area contributed by atoms with Gasteiger partial charge >= 0.3 is 0 Å². The summed E-state index contributed by atoms with van der Waals surface area (Å²) in [6, 6.07) is 7.69. The van der Waals surface area contributed by atoms with Crippen molar-refractivity contribution in [1.82, 2.24) is 0 Å². The van der Waals surface area contributed by atoms with Gasteiger partial charge in [0.05, 0.1) is 22.3 Å². The predicted octanol–water partition coefficient (Wildman–Crippen LogP) is 4.03. The largest absolute Gasteiger partial charge is 0.479 e. The van der Waals surface area contributed by atoms with Crippen LogP contribution < -0.4 is 10.1 Å². The highest BCUT2D eigenvalue weighted by Crippen LogP contribution is 2.26. The number of nitriles is 1. The molecule has 0 aliphatic carbocycles. The maximum Gasteiger partial charge on any atom is 0.265 e. The average Bonchev–Trinajstić information content (AvgIpc) is 2.56. The molecule has 1 amide bonds. The molecule has 0 aliphatic heterocycles. The number of rotatable bonds is 4. The molecule has 0 aliphatic rings. The molecule has 2 aromatic carbocycles. The highest BCUT2D eigenvalue weighted by molar-refractivity contribution is 6.32. The van der Waals surface area contributed by atoms with Crippen LogP contribution in [0.15, 0.2) is 30.3 Å². The third-order valence-electron chi connectivity index (χ3n) is 3.03. The minimum absolute atomic E-state index is 0.118. The van der Waals surface area contributed by atoms with Gasteiger partial charge in [0, 0.05) is 0 Å². The molecule has 0 saturated heterocycles. The molecule has 0 heterocycles. The highest BCUT2D eigenvalue weighted by Gasteiger charge is 2.20. The summed E-state index contributed by atoms with van der Waals surface area (Å²) in [5, 5.41) is 11.0. The third-order valence-corrected chi connectivity index (χ3v) is 3.32. The molecule has 24 heavy (non-hydrogen) atoms. The first-order valence-electron chi connectivity index (χ1n) is 6.64. The standard InChI is InChI=1S/C16H10ClF3N2O2/c1-8(24-13-5-2-9(7-21)6-10(13)17)16(23)22-12-4-3-11(18)14(19)15(12)20/h2-6,8H,1H3,(H,22,23)/t8-/m1/s1. The van der Waals surface area contributed by atoms with Crippen LogP contribution in [-0.2, 0) is 4.79 Å². The van der Waals surface area contributed by atoms with E-state index in [0.29, 0.717) is 11.6 Å². The van der Waals surface area contributed by atoms with Gasteiger partial charge < -0.3 is 10.1 Å². The van der Waals surface area contributed by atoms with Gasteiger partial charge in [-0.05, 0) is 37.3 Å². The van der Waals surface area contributed by atoms with Crippen molar-refractivity contribution >= 4 is 23.2 Å². The first-order valence-corrected chi connectivity index (χ1v) is 7.02. The lowest BCUT2D eigenvalue weighted by atomic mass is 10.2. The van der Waals surface area contributed by atoms with Crippen LogP contribution in [0.5, 0.6) is 5.75 Å². The Bertz CT molecular complexity index is 837. The molecule has 4 nitrogen and oxygen atoms in total. The van der Waals surface area contributed by atoms with Gasteiger partial charge in [0.25, 0.3) is 5.91 Å². The Hall–Kier alpha value is -2.72. The van der Waals surface area contributed by atoms with Gasteiger partial charge in [0.2, 0.25) is 0 Å². The van der Waals surface area contributed by atoms with E-state index in [1.54, 1.807) is 0 Å². The first-order chi connectivity index (χ1) is 11.3. The van der Waals surface area contributed by atoms with Crippen molar-refractivity contribution in [3.05, 3.63) is 58.4 Å². The second-order valence-corrected chi connectivity index (χ2v) is 5.14. The second-order valence-electron chi connectivity index (χ2n) is 4.73. The Labute approximate surface area is 140 Å². The number of carbonyl (C=O) groups excluding carboxylic acids is 1. The van der Waals surface area contributed by atoms with Crippen molar-refractivity contribution in [2.45, 2.75) is 13.0 Å². The Kier molecular flexibility index (Phi) is 5.31. The fraction of sp³-hybridized carbons (Fsp3) is 0.125. The molecule has 0 radical (unpaired) electrons. The molecule has 1 N–H and O–H groups in total. The Balaban J connectivity index is 2.11. The van der Waals surface area contributed by atoms with Crippen molar-refractivity contribution in [2.75, 3.05) is 5.32 Å². The number of benzene rings is 2. The Morgan fingerprint density at radius 3 is 2.58 bits per heavy atom. The smallest absolute Gasteiger partial charge is 0.265 e. The first kappa shape index (κ1) is 17.6. The molecule has 0 unspecified atom stereocenters. The minimum Gasteiger partial charge on any atom is -0.479 e. The van der Waals surface area contributed by atoms with E-state index in [1.807, 2.05) is 6.07 Å². The Morgan fingerprint density at radius 1 is 1.25 bits per heavy atom. The van der Waals surface area contributed by atoms with Gasteiger partial charge in [-0.2, -0.15) is 5.26 Å². The zero-order valence-electron chi connectivity index (χ0n) is 12.2. The van der Waals surface area contributed by atoms with E-state index in [4.69, 9.17) is 21.6 Å². The van der Waals surface area contributed by atoms with Gasteiger partial charge in [0.15, 0.2) is 23.6 Å². The van der Waals surface area contributed by atoms with Crippen molar-refractivity contribution in [1.29, 1.82) is 5.26 Å². The van der Waals surface area contributed by atoms with Crippen molar-refractivity contribution in [2.24, 2.45) is 0 Å². The number of nitrogens with zero attached hydrogens (tertiary/aromatic N) is 1. The van der Waals surface area contributed by atoms with Crippen LogP contribution in [0.1, 0.15) is 12.5 Å². The van der Waals surface area contributed by atoms with Crippen LogP contribution in [0.4, 0.5) is 18.9 Å². The van der Waals surface area contributed by atoms with E-state index in [-0.39, 0.29) is 10.8 Å². The summed E-state index contributed by atoms with van der Waals surface area (Å²) in [4.78, 5) is 12.0. The minimum atomic E-state index is -1.68. The fourth-order valence-electron chi connectivity index (χ4n) is 1.77. The molecular formula is C16H10ClF3N2O2. The normalized spacial score (nSPS) is 11.5. The summed E-state index contributed by atoms with van der Waals surface area (Å²) in [5.41, 5.74) is -0.200. The van der Waals surface area contributed by atoms with Crippen LogP contribution in [0, 0.1) is 28.8 Å². The number of ether oxygens (including phenoxy) is 1. The zero-order chi connectivity index (χ0) is 17.9. The summed E-state index contributed by atoms with van der Waals surface area (Å²) in [6.07, 6.45) is -1.11. The molecule has 0 aromatic heterocycles. The molecule has 1 atom stereocenters. The summed E-state index contributed by atoms with van der Waals surface area (Å²) < 4.78 is 44.9. The summed E-state index contributed by atoms with van der Waals surface area (Å²) in [6.45, 7) is 1.36. The topological polar surface area (TPSA) is 62.1 Å². The molecular weight excluding hydrogens is 345 g/mol. The zero-order valence-corrected chi connectivity index (χ0v) is 13.0. The number of nitrogens with one attached hydrogen (secondary N) is 1. The lowest BCUT2D eigenvalue weighted by Gasteiger charge is -2.16. The molecule has 0 saturated carbocycles. The number of hydrogen-bond acceptors (Lipinski definition) is 3. The van der Waals surface area contributed by atoms with E-state index in [2.05, 4.69) is 5.32 Å². The van der Waals surface area contributed by atoms with Gasteiger partial charge in [-0.3, -0.25) is 4.79 Å². The Morgan fingerprint density at radius 2 is 1.96 bits per heavy atom. The molecule has 0 fully saturated rings. The van der Waals surface area contributed by atoms with Gasteiger partial charge in [0.1, 0.15) is 5.75 Å². The van der Waals surface area contributed by atoms with Crippen molar-refractivity contribution in [3.8, 4) is 11.8 Å². The predicted molar refractivity (Wildman–Crippen MR) is 81.2 cm³/mol. The van der Waals surface area contributed by atoms with E-state index < -0.39 is 35.2 Å². The molecule has 124 valence electrons. The summed E-state index contributed by atoms with van der Waals surface area (Å²) in [7, 11) is 0. The van der Waals surface area contributed by atoms with Crippen LogP contribution in [-0.4, -0.2) is 12.0 Å².